The van der Waals surface area contributed by atoms with Gasteiger partial charge in [0.05, 0.1) is 0 Å². The second-order valence-electron chi connectivity index (χ2n) is 5.16. The number of phenolic OH excluding ortho intramolecular Hbond substituents is 1. The fourth-order valence-corrected chi connectivity index (χ4v) is 2.57. The lowest BCUT2D eigenvalue weighted by Gasteiger charge is -2.00. The van der Waals surface area contributed by atoms with Gasteiger partial charge in [0.1, 0.15) is 11.4 Å². The Labute approximate surface area is 127 Å². The van der Waals surface area contributed by atoms with Crippen LogP contribution in [-0.4, -0.2) is 10.3 Å². The molecule has 0 aliphatic carbocycles. The number of nitrogens with zero attached hydrogens (tertiary/aromatic N) is 1. The standard InChI is InChI=1S/C19H13NO2/c21-18-8-4-3-7-16(18)17-12-19(22-20-17)15-10-9-13-5-1-2-6-14(13)11-15/h1-12,21H. The molecule has 0 amide bonds. The first-order chi connectivity index (χ1) is 10.8. The Morgan fingerprint density at radius 3 is 2.41 bits per heavy atom. The summed E-state index contributed by atoms with van der Waals surface area (Å²) >= 11 is 0. The summed E-state index contributed by atoms with van der Waals surface area (Å²) in [6.07, 6.45) is 0. The second kappa shape index (κ2) is 5.04. The SMILES string of the molecule is Oc1ccccc1-c1cc(-c2ccc3ccccc3c2)on1. The highest BCUT2D eigenvalue weighted by atomic mass is 16.5. The normalized spacial score (nSPS) is 10.9. The van der Waals surface area contributed by atoms with Gasteiger partial charge < -0.3 is 9.63 Å². The highest BCUT2D eigenvalue weighted by molar-refractivity contribution is 5.87. The third-order valence-corrected chi connectivity index (χ3v) is 3.72. The molecule has 0 atom stereocenters. The molecule has 3 heteroatoms. The molecule has 3 nitrogen and oxygen atoms in total. The molecule has 4 rings (SSSR count). The summed E-state index contributed by atoms with van der Waals surface area (Å²) in [6, 6.07) is 23.3. The molecular formula is C19H13NO2. The van der Waals surface area contributed by atoms with Crippen molar-refractivity contribution in [2.45, 2.75) is 0 Å². The fourth-order valence-electron chi connectivity index (χ4n) is 2.57. The summed E-state index contributed by atoms with van der Waals surface area (Å²) < 4.78 is 5.45. The highest BCUT2D eigenvalue weighted by Crippen LogP contribution is 2.32. The average molecular weight is 287 g/mol. The number of hydrogen-bond donors (Lipinski definition) is 1. The highest BCUT2D eigenvalue weighted by Gasteiger charge is 2.11. The number of hydrogen-bond acceptors (Lipinski definition) is 3. The van der Waals surface area contributed by atoms with Crippen LogP contribution in [0, 0.1) is 0 Å². The van der Waals surface area contributed by atoms with E-state index in [4.69, 9.17) is 4.52 Å². The molecule has 22 heavy (non-hydrogen) atoms. The Morgan fingerprint density at radius 1 is 0.773 bits per heavy atom. The number of para-hydroxylation sites is 1. The van der Waals surface area contributed by atoms with Gasteiger partial charge in [0.25, 0.3) is 0 Å². The van der Waals surface area contributed by atoms with Crippen LogP contribution >= 0.6 is 0 Å². The Balaban J connectivity index is 1.78. The first-order valence-corrected chi connectivity index (χ1v) is 7.05. The lowest BCUT2D eigenvalue weighted by molar-refractivity contribution is 0.433. The van der Waals surface area contributed by atoms with Gasteiger partial charge in [-0.05, 0) is 29.0 Å². The molecule has 0 saturated heterocycles. The molecule has 106 valence electrons. The third-order valence-electron chi connectivity index (χ3n) is 3.72. The minimum Gasteiger partial charge on any atom is -0.507 e. The third kappa shape index (κ3) is 2.13. The van der Waals surface area contributed by atoms with E-state index in [1.165, 1.54) is 5.39 Å². The van der Waals surface area contributed by atoms with Gasteiger partial charge in [0.15, 0.2) is 5.76 Å². The van der Waals surface area contributed by atoms with E-state index in [0.717, 1.165) is 10.9 Å². The van der Waals surface area contributed by atoms with Crippen LogP contribution in [0.5, 0.6) is 5.75 Å². The van der Waals surface area contributed by atoms with E-state index in [1.807, 2.05) is 36.4 Å². The van der Waals surface area contributed by atoms with Crippen molar-refractivity contribution < 1.29 is 9.63 Å². The molecule has 0 unspecified atom stereocenters. The van der Waals surface area contributed by atoms with Crippen molar-refractivity contribution >= 4 is 10.8 Å². The van der Waals surface area contributed by atoms with Crippen LogP contribution in [0.4, 0.5) is 0 Å². The van der Waals surface area contributed by atoms with Gasteiger partial charge in [0, 0.05) is 17.2 Å². The predicted molar refractivity (Wildman–Crippen MR) is 86.5 cm³/mol. The van der Waals surface area contributed by atoms with Crippen LogP contribution < -0.4 is 0 Å². The van der Waals surface area contributed by atoms with Crippen molar-refractivity contribution in [1.29, 1.82) is 0 Å². The van der Waals surface area contributed by atoms with Gasteiger partial charge in [-0.3, -0.25) is 0 Å². The number of fused-ring (bicyclic) bond motifs is 1. The largest absolute Gasteiger partial charge is 0.507 e. The molecule has 0 fully saturated rings. The van der Waals surface area contributed by atoms with Gasteiger partial charge in [-0.1, -0.05) is 53.7 Å². The predicted octanol–water partition coefficient (Wildman–Crippen LogP) is 4.87. The number of aromatic nitrogens is 1. The van der Waals surface area contributed by atoms with E-state index in [1.54, 1.807) is 12.1 Å². The fraction of sp³-hybridized carbons (Fsp3) is 0. The number of rotatable bonds is 2. The number of benzene rings is 3. The molecule has 3 aromatic carbocycles. The van der Waals surface area contributed by atoms with E-state index in [2.05, 4.69) is 29.4 Å². The van der Waals surface area contributed by atoms with E-state index >= 15 is 0 Å². The molecule has 0 saturated carbocycles. The van der Waals surface area contributed by atoms with Gasteiger partial charge in [-0.25, -0.2) is 0 Å². The van der Waals surface area contributed by atoms with E-state index in [-0.39, 0.29) is 5.75 Å². The Hall–Kier alpha value is -3.07. The minimum atomic E-state index is 0.195. The summed E-state index contributed by atoms with van der Waals surface area (Å²) in [4.78, 5) is 0. The molecule has 0 bridgehead atoms. The van der Waals surface area contributed by atoms with Gasteiger partial charge in [0.2, 0.25) is 0 Å². The van der Waals surface area contributed by atoms with Crippen LogP contribution in [0.2, 0.25) is 0 Å². The first kappa shape index (κ1) is 12.7. The van der Waals surface area contributed by atoms with Crippen molar-refractivity contribution in [3.63, 3.8) is 0 Å². The molecule has 0 spiro atoms. The topological polar surface area (TPSA) is 46.3 Å². The Bertz CT molecular complexity index is 956. The van der Waals surface area contributed by atoms with Crippen molar-refractivity contribution in [1.82, 2.24) is 5.16 Å². The lowest BCUT2D eigenvalue weighted by Crippen LogP contribution is -1.77. The molecule has 1 heterocycles. The lowest BCUT2D eigenvalue weighted by atomic mass is 10.0. The molecule has 0 radical (unpaired) electrons. The average Bonchev–Trinajstić information content (AvgIpc) is 3.04. The zero-order valence-electron chi connectivity index (χ0n) is 11.7. The summed E-state index contributed by atoms with van der Waals surface area (Å²) in [7, 11) is 0. The van der Waals surface area contributed by atoms with E-state index in [9.17, 15) is 5.11 Å². The van der Waals surface area contributed by atoms with Gasteiger partial charge in [-0.2, -0.15) is 0 Å². The molecular weight excluding hydrogens is 274 g/mol. The van der Waals surface area contributed by atoms with Crippen LogP contribution in [0.15, 0.2) is 77.3 Å². The quantitative estimate of drug-likeness (QED) is 0.572. The first-order valence-electron chi connectivity index (χ1n) is 7.05. The van der Waals surface area contributed by atoms with E-state index < -0.39 is 0 Å². The second-order valence-corrected chi connectivity index (χ2v) is 5.16. The van der Waals surface area contributed by atoms with Crippen LogP contribution in [0.3, 0.4) is 0 Å². The zero-order valence-corrected chi connectivity index (χ0v) is 11.7. The van der Waals surface area contributed by atoms with Crippen LogP contribution in [0.25, 0.3) is 33.4 Å². The minimum absolute atomic E-state index is 0.195. The summed E-state index contributed by atoms with van der Waals surface area (Å²) in [5, 5.41) is 16.3. The van der Waals surface area contributed by atoms with Crippen molar-refractivity contribution in [3.05, 3.63) is 72.8 Å². The number of aromatic hydroxyl groups is 1. The van der Waals surface area contributed by atoms with Crippen molar-refractivity contribution in [2.24, 2.45) is 0 Å². The summed E-state index contributed by atoms with van der Waals surface area (Å²) in [5.74, 6) is 0.880. The smallest absolute Gasteiger partial charge is 0.167 e. The Morgan fingerprint density at radius 2 is 1.55 bits per heavy atom. The zero-order chi connectivity index (χ0) is 14.9. The molecule has 0 aliphatic rings. The van der Waals surface area contributed by atoms with Crippen molar-refractivity contribution in [3.8, 4) is 28.3 Å². The van der Waals surface area contributed by atoms with Crippen LogP contribution in [0.1, 0.15) is 0 Å². The van der Waals surface area contributed by atoms with Crippen molar-refractivity contribution in [2.75, 3.05) is 0 Å². The van der Waals surface area contributed by atoms with E-state index in [0.29, 0.717) is 17.0 Å². The maximum Gasteiger partial charge on any atom is 0.167 e. The summed E-state index contributed by atoms with van der Waals surface area (Å²) in [5.41, 5.74) is 2.26. The number of phenols is 1. The molecule has 1 aromatic heterocycles. The monoisotopic (exact) mass is 287 g/mol. The maximum atomic E-state index is 9.90. The molecule has 1 N–H and O–H groups in total. The summed E-state index contributed by atoms with van der Waals surface area (Å²) in [6.45, 7) is 0. The van der Waals surface area contributed by atoms with Gasteiger partial charge in [-0.15, -0.1) is 0 Å². The maximum absolute atomic E-state index is 9.90. The Kier molecular flexibility index (Phi) is 2.90. The molecule has 4 aromatic rings. The van der Waals surface area contributed by atoms with Gasteiger partial charge >= 0.3 is 0 Å². The molecule has 0 aliphatic heterocycles. The van der Waals surface area contributed by atoms with Crippen LogP contribution in [-0.2, 0) is 0 Å².